The van der Waals surface area contributed by atoms with Crippen molar-refractivity contribution in [2.75, 3.05) is 45.2 Å². The first-order valence-corrected chi connectivity index (χ1v) is 10.5. The predicted molar refractivity (Wildman–Crippen MR) is 113 cm³/mol. The first-order chi connectivity index (χ1) is 14.0. The van der Waals surface area contributed by atoms with Gasteiger partial charge in [-0.2, -0.15) is 8.78 Å². The standard InChI is InChI=1S/C21H33F2N5O/c1-4-24-21(25-13-18(27(2)3)15-9-10-15)26-16-11-12-28(14-16)17-7-5-6-8-19(17)29-20(22)23/h5-8,15-16,18,20H,4,9-14H2,1-3H3,(H2,24,25,26). The van der Waals surface area contributed by atoms with Crippen molar-refractivity contribution in [2.24, 2.45) is 10.9 Å². The number of ether oxygens (including phenoxy) is 1. The number of guanidine groups is 1. The number of rotatable bonds is 9. The maximum Gasteiger partial charge on any atom is 0.387 e. The quantitative estimate of drug-likeness (QED) is 0.485. The van der Waals surface area contributed by atoms with Gasteiger partial charge in [0, 0.05) is 31.7 Å². The highest BCUT2D eigenvalue weighted by Crippen LogP contribution is 2.35. The number of nitrogens with one attached hydrogen (secondary N) is 2. The van der Waals surface area contributed by atoms with E-state index in [0.717, 1.165) is 37.9 Å². The summed E-state index contributed by atoms with van der Waals surface area (Å²) >= 11 is 0. The van der Waals surface area contributed by atoms with Crippen molar-refractivity contribution in [3.63, 3.8) is 0 Å². The van der Waals surface area contributed by atoms with E-state index in [2.05, 4.69) is 41.5 Å². The molecule has 1 aromatic rings. The van der Waals surface area contributed by atoms with Gasteiger partial charge in [-0.1, -0.05) is 12.1 Å². The summed E-state index contributed by atoms with van der Waals surface area (Å²) in [6, 6.07) is 7.66. The van der Waals surface area contributed by atoms with E-state index >= 15 is 0 Å². The Morgan fingerprint density at radius 1 is 1.28 bits per heavy atom. The Morgan fingerprint density at radius 3 is 2.69 bits per heavy atom. The lowest BCUT2D eigenvalue weighted by molar-refractivity contribution is -0.0495. The summed E-state index contributed by atoms with van der Waals surface area (Å²) in [6.07, 6.45) is 3.49. The number of halogens is 2. The van der Waals surface area contributed by atoms with Crippen LogP contribution in [0.4, 0.5) is 14.5 Å². The fourth-order valence-electron chi connectivity index (χ4n) is 3.92. The first kappa shape index (κ1) is 21.6. The molecule has 2 unspecified atom stereocenters. The van der Waals surface area contributed by atoms with Gasteiger partial charge >= 0.3 is 6.61 Å². The molecule has 1 aromatic carbocycles. The van der Waals surface area contributed by atoms with Gasteiger partial charge in [0.25, 0.3) is 0 Å². The van der Waals surface area contributed by atoms with Gasteiger partial charge in [-0.15, -0.1) is 0 Å². The second-order valence-corrected chi connectivity index (χ2v) is 8.01. The van der Waals surface area contributed by atoms with Crippen LogP contribution in [0, 0.1) is 5.92 Å². The van der Waals surface area contributed by atoms with Gasteiger partial charge < -0.3 is 25.2 Å². The highest BCUT2D eigenvalue weighted by molar-refractivity contribution is 5.80. The average Bonchev–Trinajstić information content (AvgIpc) is 3.40. The Morgan fingerprint density at radius 2 is 2.03 bits per heavy atom. The van der Waals surface area contributed by atoms with Crippen LogP contribution in [-0.2, 0) is 0 Å². The summed E-state index contributed by atoms with van der Waals surface area (Å²) in [5, 5.41) is 6.85. The van der Waals surface area contributed by atoms with Crippen LogP contribution in [-0.4, -0.2) is 69.8 Å². The van der Waals surface area contributed by atoms with Crippen LogP contribution in [0.1, 0.15) is 26.2 Å². The lowest BCUT2D eigenvalue weighted by atomic mass is 10.2. The lowest BCUT2D eigenvalue weighted by Crippen LogP contribution is -2.45. The van der Waals surface area contributed by atoms with Crippen LogP contribution in [0.5, 0.6) is 5.75 Å². The Labute approximate surface area is 172 Å². The smallest absolute Gasteiger partial charge is 0.387 e. The van der Waals surface area contributed by atoms with E-state index in [9.17, 15) is 8.78 Å². The van der Waals surface area contributed by atoms with Crippen LogP contribution >= 0.6 is 0 Å². The number of alkyl halides is 2. The number of hydrogen-bond donors (Lipinski definition) is 2. The minimum Gasteiger partial charge on any atom is -0.433 e. The fraction of sp³-hybridized carbons (Fsp3) is 0.667. The fourth-order valence-corrected chi connectivity index (χ4v) is 3.92. The number of likely N-dealkylation sites (N-methyl/N-ethyl adjacent to an activating group) is 1. The van der Waals surface area contributed by atoms with Crippen LogP contribution in [0.2, 0.25) is 0 Å². The summed E-state index contributed by atoms with van der Waals surface area (Å²) in [5.41, 5.74) is 0.709. The Kier molecular flexibility index (Phi) is 7.52. The van der Waals surface area contributed by atoms with Crippen molar-refractivity contribution >= 4 is 11.6 Å². The SMILES string of the molecule is CCNC(=NCC(C1CC1)N(C)C)NC1CCN(c2ccccc2OC(F)F)C1. The highest BCUT2D eigenvalue weighted by atomic mass is 19.3. The van der Waals surface area contributed by atoms with Gasteiger partial charge in [-0.25, -0.2) is 0 Å². The summed E-state index contributed by atoms with van der Waals surface area (Å²) in [5.74, 6) is 1.80. The van der Waals surface area contributed by atoms with Gasteiger partial charge in [-0.3, -0.25) is 4.99 Å². The molecule has 0 radical (unpaired) electrons. The van der Waals surface area contributed by atoms with E-state index in [1.54, 1.807) is 12.1 Å². The maximum absolute atomic E-state index is 12.7. The molecule has 2 fully saturated rings. The van der Waals surface area contributed by atoms with Gasteiger partial charge in [0.15, 0.2) is 5.96 Å². The number of para-hydroxylation sites is 2. The summed E-state index contributed by atoms with van der Waals surface area (Å²) in [6.45, 7) is 2.30. The third-order valence-electron chi connectivity index (χ3n) is 5.56. The summed E-state index contributed by atoms with van der Waals surface area (Å²) in [7, 11) is 4.24. The Balaban J connectivity index is 1.60. The molecule has 8 heteroatoms. The molecule has 0 bridgehead atoms. The minimum atomic E-state index is -2.82. The van der Waals surface area contributed by atoms with Crippen LogP contribution in [0.3, 0.4) is 0 Å². The molecule has 2 aliphatic rings. The Bertz CT molecular complexity index is 679. The minimum absolute atomic E-state index is 0.200. The molecule has 0 amide bonds. The van der Waals surface area contributed by atoms with E-state index in [4.69, 9.17) is 9.73 Å². The molecule has 2 atom stereocenters. The second-order valence-electron chi connectivity index (χ2n) is 8.01. The van der Waals surface area contributed by atoms with Gasteiger partial charge in [0.1, 0.15) is 5.75 Å². The molecule has 1 aliphatic carbocycles. The van der Waals surface area contributed by atoms with Crippen LogP contribution in [0.15, 0.2) is 29.3 Å². The van der Waals surface area contributed by atoms with Gasteiger partial charge in [0.2, 0.25) is 0 Å². The van der Waals surface area contributed by atoms with Gasteiger partial charge in [0.05, 0.1) is 12.2 Å². The zero-order valence-electron chi connectivity index (χ0n) is 17.6. The van der Waals surface area contributed by atoms with E-state index in [1.165, 1.54) is 12.8 Å². The molecule has 1 saturated carbocycles. The molecular weight excluding hydrogens is 376 g/mol. The Hall–Kier alpha value is -2.09. The average molecular weight is 410 g/mol. The van der Waals surface area contributed by atoms with Gasteiger partial charge in [-0.05, 0) is 58.3 Å². The molecular formula is C21H33F2N5O. The molecule has 0 aromatic heterocycles. The van der Waals surface area contributed by atoms with Crippen LogP contribution in [0.25, 0.3) is 0 Å². The molecule has 1 aliphatic heterocycles. The second kappa shape index (κ2) is 10.1. The van der Waals surface area contributed by atoms with Crippen molar-refractivity contribution < 1.29 is 13.5 Å². The molecule has 0 spiro atoms. The third kappa shape index (κ3) is 6.19. The predicted octanol–water partition coefficient (Wildman–Crippen LogP) is 2.76. The normalized spacial score (nSPS) is 21.0. The maximum atomic E-state index is 12.7. The zero-order chi connectivity index (χ0) is 20.8. The topological polar surface area (TPSA) is 52.1 Å². The number of anilines is 1. The largest absolute Gasteiger partial charge is 0.433 e. The van der Waals surface area contributed by atoms with E-state index in [0.29, 0.717) is 18.3 Å². The highest BCUT2D eigenvalue weighted by Gasteiger charge is 2.32. The van der Waals surface area contributed by atoms with Crippen molar-refractivity contribution in [3.05, 3.63) is 24.3 Å². The van der Waals surface area contributed by atoms with Crippen LogP contribution < -0.4 is 20.3 Å². The first-order valence-electron chi connectivity index (χ1n) is 10.5. The van der Waals surface area contributed by atoms with Crippen molar-refractivity contribution in [2.45, 2.75) is 44.9 Å². The lowest BCUT2D eigenvalue weighted by Gasteiger charge is -2.24. The molecule has 6 nitrogen and oxygen atoms in total. The monoisotopic (exact) mass is 409 g/mol. The van der Waals surface area contributed by atoms with E-state index < -0.39 is 6.61 Å². The molecule has 2 N–H and O–H groups in total. The molecule has 29 heavy (non-hydrogen) atoms. The van der Waals surface area contributed by atoms with E-state index in [-0.39, 0.29) is 11.8 Å². The molecule has 1 saturated heterocycles. The third-order valence-corrected chi connectivity index (χ3v) is 5.56. The summed E-state index contributed by atoms with van der Waals surface area (Å²) < 4.78 is 30.1. The zero-order valence-corrected chi connectivity index (χ0v) is 17.6. The molecule has 1 heterocycles. The molecule has 3 rings (SSSR count). The van der Waals surface area contributed by atoms with E-state index in [1.807, 2.05) is 12.1 Å². The molecule has 162 valence electrons. The number of benzene rings is 1. The van der Waals surface area contributed by atoms with Crippen molar-refractivity contribution in [1.82, 2.24) is 15.5 Å². The number of hydrogen-bond acceptors (Lipinski definition) is 4. The van der Waals surface area contributed by atoms with Crippen molar-refractivity contribution in [1.29, 1.82) is 0 Å². The van der Waals surface area contributed by atoms with Crippen molar-refractivity contribution in [3.8, 4) is 5.75 Å². The summed E-state index contributed by atoms with van der Waals surface area (Å²) in [4.78, 5) is 9.18. The number of nitrogens with zero attached hydrogens (tertiary/aromatic N) is 3. The number of aliphatic imine (C=N–C) groups is 1.